The lowest BCUT2D eigenvalue weighted by Crippen LogP contribution is -2.50. The molecule has 8 heteroatoms. The molecule has 2 heterocycles. The van der Waals surface area contributed by atoms with Crippen LogP contribution in [0.4, 0.5) is 5.69 Å². The summed E-state index contributed by atoms with van der Waals surface area (Å²) in [5, 5.41) is 3.55. The van der Waals surface area contributed by atoms with Gasteiger partial charge in [-0.1, -0.05) is 23.8 Å². The minimum atomic E-state index is -3.52. The first-order valence-electron chi connectivity index (χ1n) is 9.10. The molecule has 3 rings (SSSR count). The molecule has 1 fully saturated rings. The molecule has 1 aromatic heterocycles. The summed E-state index contributed by atoms with van der Waals surface area (Å²) in [6, 6.07) is 11.3. The number of thiophene rings is 1. The average Bonchev–Trinajstić information content (AvgIpc) is 3.22. The molecule has 1 aliphatic rings. The second-order valence-corrected chi connectivity index (χ2v) is 9.80. The number of carbonyl (C=O) groups excluding carboxylic acids is 1. The van der Waals surface area contributed by atoms with Crippen molar-refractivity contribution in [2.24, 2.45) is 5.92 Å². The number of amides is 1. The van der Waals surface area contributed by atoms with Crippen LogP contribution in [0.3, 0.4) is 0 Å². The first-order chi connectivity index (χ1) is 12.9. The molecule has 1 amide bonds. The SMILES string of the molecule is CCN(NC(=O)[C@H]1CCCN(S(=O)(=O)c2cccs2)C1)c1ccc(C)cc1. The van der Waals surface area contributed by atoms with Gasteiger partial charge in [0.05, 0.1) is 11.6 Å². The molecule has 0 spiro atoms. The number of aryl methyl sites for hydroxylation is 1. The minimum Gasteiger partial charge on any atom is -0.286 e. The Bertz CT molecular complexity index is 864. The lowest BCUT2D eigenvalue weighted by molar-refractivity contribution is -0.126. The fourth-order valence-corrected chi connectivity index (χ4v) is 5.86. The molecule has 6 nitrogen and oxygen atoms in total. The number of nitrogens with zero attached hydrogens (tertiary/aromatic N) is 2. The van der Waals surface area contributed by atoms with Crippen molar-refractivity contribution in [1.29, 1.82) is 0 Å². The molecular weight excluding hydrogens is 382 g/mol. The molecule has 27 heavy (non-hydrogen) atoms. The van der Waals surface area contributed by atoms with Gasteiger partial charge in [-0.05, 0) is 50.3 Å². The van der Waals surface area contributed by atoms with Gasteiger partial charge in [-0.2, -0.15) is 4.31 Å². The monoisotopic (exact) mass is 407 g/mol. The van der Waals surface area contributed by atoms with Crippen LogP contribution in [0.5, 0.6) is 0 Å². The summed E-state index contributed by atoms with van der Waals surface area (Å²) in [4.78, 5) is 12.8. The molecule has 0 bridgehead atoms. The average molecular weight is 408 g/mol. The third-order valence-electron chi connectivity index (χ3n) is 4.75. The number of hydrogen-bond donors (Lipinski definition) is 1. The zero-order chi connectivity index (χ0) is 19.4. The van der Waals surface area contributed by atoms with Gasteiger partial charge < -0.3 is 0 Å². The predicted molar refractivity (Wildman–Crippen MR) is 108 cm³/mol. The van der Waals surface area contributed by atoms with E-state index in [-0.39, 0.29) is 18.4 Å². The highest BCUT2D eigenvalue weighted by Crippen LogP contribution is 2.26. The zero-order valence-corrected chi connectivity index (χ0v) is 17.2. The summed E-state index contributed by atoms with van der Waals surface area (Å²) >= 11 is 1.21. The van der Waals surface area contributed by atoms with Crippen LogP contribution in [0.2, 0.25) is 0 Å². The molecule has 1 N–H and O–H groups in total. The number of carbonyl (C=O) groups is 1. The molecule has 2 aromatic rings. The third-order valence-corrected chi connectivity index (χ3v) is 7.99. The van der Waals surface area contributed by atoms with Gasteiger partial charge in [0.15, 0.2) is 0 Å². The zero-order valence-electron chi connectivity index (χ0n) is 15.6. The van der Waals surface area contributed by atoms with E-state index in [1.54, 1.807) is 22.5 Å². The van der Waals surface area contributed by atoms with Gasteiger partial charge in [-0.25, -0.2) is 8.42 Å². The van der Waals surface area contributed by atoms with E-state index in [2.05, 4.69) is 5.43 Å². The predicted octanol–water partition coefficient (Wildman–Crippen LogP) is 3.01. The van der Waals surface area contributed by atoms with Crippen LogP contribution in [0.15, 0.2) is 46.0 Å². The first kappa shape index (κ1) is 19.9. The van der Waals surface area contributed by atoms with Gasteiger partial charge in [0.25, 0.3) is 10.0 Å². The van der Waals surface area contributed by atoms with Gasteiger partial charge >= 0.3 is 0 Å². The highest BCUT2D eigenvalue weighted by Gasteiger charge is 2.34. The van der Waals surface area contributed by atoms with Gasteiger partial charge in [-0.15, -0.1) is 11.3 Å². The van der Waals surface area contributed by atoms with Crippen molar-refractivity contribution in [1.82, 2.24) is 9.73 Å². The van der Waals surface area contributed by atoms with Gasteiger partial charge in [-0.3, -0.25) is 15.2 Å². The first-order valence-corrected chi connectivity index (χ1v) is 11.4. The molecular formula is C19H25N3O3S2. The smallest absolute Gasteiger partial charge is 0.252 e. The Morgan fingerprint density at radius 3 is 2.67 bits per heavy atom. The molecule has 1 atom stereocenters. The fraction of sp³-hybridized carbons (Fsp3) is 0.421. The maximum atomic E-state index is 12.8. The van der Waals surface area contributed by atoms with Crippen molar-refractivity contribution in [2.75, 3.05) is 24.6 Å². The number of hydrogen-bond acceptors (Lipinski definition) is 5. The molecule has 1 aromatic carbocycles. The van der Waals surface area contributed by atoms with Crippen molar-refractivity contribution in [2.45, 2.75) is 30.9 Å². The van der Waals surface area contributed by atoms with Gasteiger partial charge in [0, 0.05) is 19.6 Å². The summed E-state index contributed by atoms with van der Waals surface area (Å²) < 4.78 is 27.3. The number of benzene rings is 1. The Morgan fingerprint density at radius 2 is 2.04 bits per heavy atom. The van der Waals surface area contributed by atoms with Crippen LogP contribution < -0.4 is 10.4 Å². The van der Waals surface area contributed by atoms with E-state index in [4.69, 9.17) is 0 Å². The lowest BCUT2D eigenvalue weighted by atomic mass is 9.99. The Labute approximate surface area is 164 Å². The van der Waals surface area contributed by atoms with E-state index in [0.29, 0.717) is 30.1 Å². The fourth-order valence-electron chi connectivity index (χ4n) is 3.19. The number of sulfonamides is 1. The molecule has 146 valence electrons. The van der Waals surface area contributed by atoms with Crippen LogP contribution in [-0.2, 0) is 14.8 Å². The molecule has 0 unspecified atom stereocenters. The topological polar surface area (TPSA) is 69.7 Å². The third kappa shape index (κ3) is 4.51. The Balaban J connectivity index is 1.68. The van der Waals surface area contributed by atoms with Crippen LogP contribution in [-0.4, -0.2) is 38.3 Å². The van der Waals surface area contributed by atoms with Crippen LogP contribution in [0.1, 0.15) is 25.3 Å². The van der Waals surface area contributed by atoms with Crippen molar-refractivity contribution in [3.63, 3.8) is 0 Å². The molecule has 0 aliphatic carbocycles. The molecule has 1 saturated heterocycles. The number of hydrazine groups is 1. The Hall–Kier alpha value is -1.90. The van der Waals surface area contributed by atoms with Gasteiger partial charge in [0.1, 0.15) is 4.21 Å². The Morgan fingerprint density at radius 1 is 1.30 bits per heavy atom. The second-order valence-electron chi connectivity index (χ2n) is 6.69. The number of nitrogens with one attached hydrogen (secondary N) is 1. The number of piperidine rings is 1. The summed E-state index contributed by atoms with van der Waals surface area (Å²) in [6.45, 7) is 5.29. The summed E-state index contributed by atoms with van der Waals surface area (Å²) in [5.41, 5.74) is 5.02. The van der Waals surface area contributed by atoms with E-state index in [9.17, 15) is 13.2 Å². The van der Waals surface area contributed by atoms with E-state index < -0.39 is 10.0 Å². The maximum absolute atomic E-state index is 12.8. The Kier molecular flexibility index (Phi) is 6.18. The highest BCUT2D eigenvalue weighted by molar-refractivity contribution is 7.91. The van der Waals surface area contributed by atoms with Gasteiger partial charge in [0.2, 0.25) is 5.91 Å². The molecule has 0 saturated carbocycles. The maximum Gasteiger partial charge on any atom is 0.252 e. The van der Waals surface area contributed by atoms with E-state index in [1.807, 2.05) is 38.1 Å². The number of anilines is 1. The molecule has 0 radical (unpaired) electrons. The largest absolute Gasteiger partial charge is 0.286 e. The van der Waals surface area contributed by atoms with Crippen molar-refractivity contribution < 1.29 is 13.2 Å². The van der Waals surface area contributed by atoms with E-state index in [0.717, 1.165) is 11.3 Å². The highest BCUT2D eigenvalue weighted by atomic mass is 32.2. The van der Waals surface area contributed by atoms with Crippen molar-refractivity contribution in [3.8, 4) is 0 Å². The lowest BCUT2D eigenvalue weighted by Gasteiger charge is -2.33. The van der Waals surface area contributed by atoms with Crippen molar-refractivity contribution in [3.05, 3.63) is 47.3 Å². The summed E-state index contributed by atoms with van der Waals surface area (Å²) in [6.07, 6.45) is 1.37. The quantitative estimate of drug-likeness (QED) is 0.748. The van der Waals surface area contributed by atoms with E-state index >= 15 is 0 Å². The summed E-state index contributed by atoms with van der Waals surface area (Å²) in [5.74, 6) is -0.489. The van der Waals surface area contributed by atoms with E-state index in [1.165, 1.54) is 15.6 Å². The van der Waals surface area contributed by atoms with Crippen molar-refractivity contribution >= 4 is 33.0 Å². The normalized spacial score (nSPS) is 18.2. The second kappa shape index (κ2) is 8.41. The molecule has 1 aliphatic heterocycles. The number of rotatable bonds is 6. The van der Waals surface area contributed by atoms with Crippen LogP contribution in [0, 0.1) is 12.8 Å². The standard InChI is InChI=1S/C19H25N3O3S2/c1-3-22(17-10-8-15(2)9-11-17)20-19(23)16-6-4-12-21(14-16)27(24,25)18-7-5-13-26-18/h5,7-11,13,16H,3-4,6,12,14H2,1-2H3,(H,20,23)/t16-/m0/s1. The van der Waals surface area contributed by atoms with Crippen LogP contribution >= 0.6 is 11.3 Å². The van der Waals surface area contributed by atoms with Crippen LogP contribution in [0.25, 0.3) is 0 Å². The summed E-state index contributed by atoms with van der Waals surface area (Å²) in [7, 11) is -3.52. The minimum absolute atomic E-state index is 0.136.